The fourth-order valence-corrected chi connectivity index (χ4v) is 3.88. The van der Waals surface area contributed by atoms with Crippen LogP contribution in [0.5, 0.6) is 0 Å². The average molecular weight is 433 g/mol. The van der Waals surface area contributed by atoms with Gasteiger partial charge in [-0.2, -0.15) is 0 Å². The van der Waals surface area contributed by atoms with Crippen LogP contribution in [0.25, 0.3) is 33.3 Å². The van der Waals surface area contributed by atoms with Crippen LogP contribution in [0.1, 0.15) is 10.4 Å². The van der Waals surface area contributed by atoms with Crippen molar-refractivity contribution in [1.82, 2.24) is 4.98 Å². The van der Waals surface area contributed by atoms with Crippen molar-refractivity contribution in [1.29, 1.82) is 0 Å². The van der Waals surface area contributed by atoms with Crippen molar-refractivity contribution in [2.24, 2.45) is 0 Å². The van der Waals surface area contributed by atoms with E-state index in [1.807, 2.05) is 36.4 Å². The first-order valence-corrected chi connectivity index (χ1v) is 10.00. The fourth-order valence-electron chi connectivity index (χ4n) is 3.42. The van der Waals surface area contributed by atoms with E-state index in [-0.39, 0.29) is 5.91 Å². The summed E-state index contributed by atoms with van der Waals surface area (Å²) >= 11 is 12.4. The molecule has 0 atom stereocenters. The molecule has 1 heterocycles. The molecule has 1 amide bonds. The van der Waals surface area contributed by atoms with Gasteiger partial charge in [-0.25, -0.2) is 4.98 Å². The highest BCUT2D eigenvalue weighted by Gasteiger charge is 2.14. The van der Waals surface area contributed by atoms with Gasteiger partial charge in [-0.15, -0.1) is 0 Å². The monoisotopic (exact) mass is 432 g/mol. The number of carbonyl (C=O) groups is 1. The lowest BCUT2D eigenvalue weighted by Gasteiger charge is -2.06. The minimum atomic E-state index is -0.285. The Morgan fingerprint density at radius 1 is 0.833 bits per heavy atom. The predicted molar refractivity (Wildman–Crippen MR) is 121 cm³/mol. The molecule has 0 saturated heterocycles. The molecule has 146 valence electrons. The molecule has 0 bridgehead atoms. The Balaban J connectivity index is 1.52. The van der Waals surface area contributed by atoms with Crippen LogP contribution in [0, 0.1) is 0 Å². The van der Waals surface area contributed by atoms with Crippen molar-refractivity contribution in [3.63, 3.8) is 0 Å². The summed E-state index contributed by atoms with van der Waals surface area (Å²) in [5, 5.41) is 5.83. The number of hydrogen-bond donors (Lipinski definition) is 1. The number of amides is 1. The molecule has 0 fully saturated rings. The molecule has 0 saturated carbocycles. The number of nitrogens with zero attached hydrogens (tertiary/aromatic N) is 1. The van der Waals surface area contributed by atoms with E-state index in [0.717, 1.165) is 16.3 Å². The molecule has 5 rings (SSSR count). The van der Waals surface area contributed by atoms with Crippen molar-refractivity contribution in [2.75, 3.05) is 5.32 Å². The second-order valence-electron chi connectivity index (χ2n) is 6.78. The zero-order valence-corrected chi connectivity index (χ0v) is 17.0. The molecule has 4 nitrogen and oxygen atoms in total. The summed E-state index contributed by atoms with van der Waals surface area (Å²) in [6.45, 7) is 0. The maximum atomic E-state index is 12.5. The van der Waals surface area contributed by atoms with E-state index in [1.165, 1.54) is 0 Å². The number of fused-ring (bicyclic) bond motifs is 2. The Labute approximate surface area is 182 Å². The normalized spacial score (nSPS) is 11.1. The zero-order chi connectivity index (χ0) is 20.7. The summed E-state index contributed by atoms with van der Waals surface area (Å²) in [7, 11) is 0. The number of halogens is 2. The van der Waals surface area contributed by atoms with Gasteiger partial charge < -0.3 is 9.73 Å². The molecular weight excluding hydrogens is 419 g/mol. The van der Waals surface area contributed by atoms with Crippen molar-refractivity contribution in [2.45, 2.75) is 0 Å². The highest BCUT2D eigenvalue weighted by Crippen LogP contribution is 2.34. The Bertz CT molecular complexity index is 1430. The van der Waals surface area contributed by atoms with Crippen LogP contribution in [0.15, 0.2) is 83.3 Å². The van der Waals surface area contributed by atoms with Crippen molar-refractivity contribution in [3.05, 3.63) is 94.5 Å². The van der Waals surface area contributed by atoms with Crippen molar-refractivity contribution >= 4 is 56.7 Å². The molecule has 5 aromatic rings. The molecule has 0 radical (unpaired) electrons. The lowest BCUT2D eigenvalue weighted by molar-refractivity contribution is 0.102. The van der Waals surface area contributed by atoms with Crippen LogP contribution in [0.2, 0.25) is 10.0 Å². The smallest absolute Gasteiger partial charge is 0.257 e. The molecule has 0 aliphatic heterocycles. The van der Waals surface area contributed by atoms with Gasteiger partial charge in [0.15, 0.2) is 5.58 Å². The zero-order valence-electron chi connectivity index (χ0n) is 15.5. The van der Waals surface area contributed by atoms with Gasteiger partial charge >= 0.3 is 0 Å². The predicted octanol–water partition coefficient (Wildman–Crippen LogP) is 7.21. The Morgan fingerprint density at radius 2 is 1.60 bits per heavy atom. The van der Waals surface area contributed by atoms with Gasteiger partial charge in [-0.3, -0.25) is 4.79 Å². The molecular formula is C24H14Cl2N2O2. The van der Waals surface area contributed by atoms with Gasteiger partial charge in [-0.05, 0) is 47.9 Å². The minimum Gasteiger partial charge on any atom is -0.436 e. The van der Waals surface area contributed by atoms with Gasteiger partial charge in [0.2, 0.25) is 5.89 Å². The van der Waals surface area contributed by atoms with E-state index in [2.05, 4.69) is 10.3 Å². The largest absolute Gasteiger partial charge is 0.436 e. The summed E-state index contributed by atoms with van der Waals surface area (Å²) in [4.78, 5) is 17.2. The second-order valence-corrected chi connectivity index (χ2v) is 7.59. The van der Waals surface area contributed by atoms with Crippen molar-refractivity contribution in [3.8, 4) is 11.5 Å². The summed E-state index contributed by atoms with van der Waals surface area (Å²) in [6, 6.07) is 23.8. The molecule has 0 aliphatic carbocycles. The summed E-state index contributed by atoms with van der Waals surface area (Å²) in [6.07, 6.45) is 0. The van der Waals surface area contributed by atoms with Crippen LogP contribution in [-0.2, 0) is 0 Å². The first-order valence-electron chi connectivity index (χ1n) is 9.24. The van der Waals surface area contributed by atoms with E-state index >= 15 is 0 Å². The highest BCUT2D eigenvalue weighted by molar-refractivity contribution is 6.36. The van der Waals surface area contributed by atoms with E-state index in [1.54, 1.807) is 42.5 Å². The standard InChI is InChI=1S/C24H14Cl2N2O2/c25-19-10-4-6-15-16(19)7-3-8-17(15)24-28-21-13-14(11-12-22(21)30-24)27-23(29)18-5-1-2-9-20(18)26/h1-13H,(H,27,29). The second kappa shape index (κ2) is 7.48. The van der Waals surface area contributed by atoms with Gasteiger partial charge in [0.05, 0.1) is 10.6 Å². The minimum absolute atomic E-state index is 0.285. The fraction of sp³-hybridized carbons (Fsp3) is 0. The topological polar surface area (TPSA) is 55.1 Å². The molecule has 6 heteroatoms. The quantitative estimate of drug-likeness (QED) is 0.327. The number of oxazole rings is 1. The van der Waals surface area contributed by atoms with Gasteiger partial charge in [0, 0.05) is 21.7 Å². The van der Waals surface area contributed by atoms with Crippen LogP contribution in [0.3, 0.4) is 0 Å². The summed E-state index contributed by atoms with van der Waals surface area (Å²) in [5.74, 6) is 0.208. The SMILES string of the molecule is O=C(Nc1ccc2oc(-c3cccc4c(Cl)cccc34)nc2c1)c1ccccc1Cl. The molecule has 1 N–H and O–H groups in total. The Morgan fingerprint density at radius 3 is 2.47 bits per heavy atom. The third-order valence-electron chi connectivity index (χ3n) is 4.86. The van der Waals surface area contributed by atoms with Crippen LogP contribution >= 0.6 is 23.2 Å². The first-order chi connectivity index (χ1) is 14.6. The lowest BCUT2D eigenvalue weighted by atomic mass is 10.0. The third-order valence-corrected chi connectivity index (χ3v) is 5.52. The Kier molecular flexibility index (Phi) is 4.66. The number of aromatic nitrogens is 1. The first kappa shape index (κ1) is 18.7. The highest BCUT2D eigenvalue weighted by atomic mass is 35.5. The summed E-state index contributed by atoms with van der Waals surface area (Å²) < 4.78 is 5.98. The third kappa shape index (κ3) is 3.30. The maximum absolute atomic E-state index is 12.5. The van der Waals surface area contributed by atoms with Gasteiger partial charge in [0.1, 0.15) is 5.52 Å². The van der Waals surface area contributed by atoms with Crippen LogP contribution in [0.4, 0.5) is 5.69 Å². The summed E-state index contributed by atoms with van der Waals surface area (Å²) in [5.41, 5.74) is 3.13. The van der Waals surface area contributed by atoms with Gasteiger partial charge in [-0.1, -0.05) is 59.6 Å². The number of nitrogens with one attached hydrogen (secondary N) is 1. The number of benzene rings is 4. The number of rotatable bonds is 3. The lowest BCUT2D eigenvalue weighted by Crippen LogP contribution is -2.12. The molecule has 1 aromatic heterocycles. The van der Waals surface area contributed by atoms with Gasteiger partial charge in [0.25, 0.3) is 5.91 Å². The number of carbonyl (C=O) groups excluding carboxylic acids is 1. The average Bonchev–Trinajstić information content (AvgIpc) is 3.17. The molecule has 4 aromatic carbocycles. The van der Waals surface area contributed by atoms with Crippen molar-refractivity contribution < 1.29 is 9.21 Å². The van der Waals surface area contributed by atoms with E-state index in [0.29, 0.717) is 38.3 Å². The van der Waals surface area contributed by atoms with Crippen LogP contribution in [-0.4, -0.2) is 10.9 Å². The molecule has 0 unspecified atom stereocenters. The number of anilines is 1. The molecule has 0 spiro atoms. The van der Waals surface area contributed by atoms with E-state index in [4.69, 9.17) is 27.6 Å². The molecule has 30 heavy (non-hydrogen) atoms. The maximum Gasteiger partial charge on any atom is 0.257 e. The Hall–Kier alpha value is -3.34. The van der Waals surface area contributed by atoms with Crippen LogP contribution < -0.4 is 5.32 Å². The number of hydrogen-bond acceptors (Lipinski definition) is 3. The van der Waals surface area contributed by atoms with E-state index in [9.17, 15) is 4.79 Å². The van der Waals surface area contributed by atoms with E-state index < -0.39 is 0 Å². The molecule has 0 aliphatic rings.